The van der Waals surface area contributed by atoms with E-state index in [9.17, 15) is 0 Å². The van der Waals surface area contributed by atoms with Gasteiger partial charge in [-0.15, -0.1) is 0 Å². The summed E-state index contributed by atoms with van der Waals surface area (Å²) in [7, 11) is 0. The number of pyridine rings is 2. The van der Waals surface area contributed by atoms with Crippen LogP contribution in [0.25, 0.3) is 67.0 Å². The van der Waals surface area contributed by atoms with Crippen LogP contribution in [0.1, 0.15) is 34.7 Å². The normalized spacial score (nSPS) is 13.2. The smallest absolute Gasteiger partial charge is 0.0702 e. The van der Waals surface area contributed by atoms with Gasteiger partial charge in [-0.3, -0.25) is 15.0 Å². The minimum absolute atomic E-state index is 0.351. The molecule has 3 heterocycles. The Morgan fingerprint density at radius 1 is 0.344 bits per heavy atom. The fourth-order valence-corrected chi connectivity index (χ4v) is 8.95. The summed E-state index contributed by atoms with van der Waals surface area (Å²) in [5.74, 6) is 0.351. The second kappa shape index (κ2) is 18.7. The molecule has 1 aliphatic rings. The van der Waals surface area contributed by atoms with Gasteiger partial charge in [0.1, 0.15) is 0 Å². The second-order valence-electron chi connectivity index (χ2n) is 16.8. The van der Waals surface area contributed by atoms with E-state index in [-0.39, 0.29) is 0 Å². The third-order valence-electron chi connectivity index (χ3n) is 12.5. The molecule has 0 saturated carbocycles. The molecule has 308 valence electrons. The van der Waals surface area contributed by atoms with Crippen LogP contribution in [0.3, 0.4) is 0 Å². The lowest BCUT2D eigenvalue weighted by Gasteiger charge is -2.18. The van der Waals surface area contributed by atoms with Crippen molar-refractivity contribution in [1.29, 1.82) is 0 Å². The average molecular weight is 824 g/mol. The molecule has 1 atom stereocenters. The Labute approximate surface area is 377 Å². The maximum atomic E-state index is 4.74. The van der Waals surface area contributed by atoms with Gasteiger partial charge in [0.05, 0.1) is 17.1 Å². The SMILES string of the molecule is CC1C=CN=C1c1ccc(CCc2cc(CCc3ccc(-c4ccccn4)cc3)cc(-c3ccccc3-c3ccc(-c4ccccn4)cc3-c3ccc(-c4ccccc4)cc3)c2)cc1. The molecule has 0 amide bonds. The predicted molar refractivity (Wildman–Crippen MR) is 267 cm³/mol. The van der Waals surface area contributed by atoms with Crippen LogP contribution in [-0.4, -0.2) is 15.7 Å². The van der Waals surface area contributed by atoms with Gasteiger partial charge in [0, 0.05) is 35.6 Å². The third-order valence-corrected chi connectivity index (χ3v) is 12.5. The first kappa shape index (κ1) is 40.3. The van der Waals surface area contributed by atoms with Gasteiger partial charge >= 0.3 is 0 Å². The lowest BCUT2D eigenvalue weighted by Crippen LogP contribution is -2.07. The minimum Gasteiger partial charge on any atom is -0.260 e. The molecule has 7 aromatic carbocycles. The summed E-state index contributed by atoms with van der Waals surface area (Å²) in [6.45, 7) is 2.21. The minimum atomic E-state index is 0.351. The van der Waals surface area contributed by atoms with Gasteiger partial charge in [0.15, 0.2) is 0 Å². The van der Waals surface area contributed by atoms with Crippen LogP contribution < -0.4 is 0 Å². The van der Waals surface area contributed by atoms with Crippen molar-refractivity contribution >= 4 is 5.71 Å². The van der Waals surface area contributed by atoms with E-state index in [1.165, 1.54) is 72.3 Å². The van der Waals surface area contributed by atoms with E-state index in [2.05, 4.69) is 205 Å². The Kier molecular flexibility index (Phi) is 11.8. The number of nitrogens with zero attached hydrogens (tertiary/aromatic N) is 3. The van der Waals surface area contributed by atoms with Crippen molar-refractivity contribution in [2.24, 2.45) is 10.9 Å². The lowest BCUT2D eigenvalue weighted by atomic mass is 9.86. The van der Waals surface area contributed by atoms with E-state index in [1.54, 1.807) is 0 Å². The van der Waals surface area contributed by atoms with Crippen LogP contribution in [-0.2, 0) is 25.7 Å². The number of aromatic nitrogens is 2. The molecule has 0 N–H and O–H groups in total. The van der Waals surface area contributed by atoms with Crippen molar-refractivity contribution in [2.75, 3.05) is 0 Å². The number of hydrogen-bond donors (Lipinski definition) is 0. The first-order valence-corrected chi connectivity index (χ1v) is 22.4. The highest BCUT2D eigenvalue weighted by molar-refractivity contribution is 6.04. The highest BCUT2D eigenvalue weighted by atomic mass is 14.7. The van der Waals surface area contributed by atoms with Crippen molar-refractivity contribution < 1.29 is 0 Å². The van der Waals surface area contributed by atoms with Gasteiger partial charge in [-0.2, -0.15) is 0 Å². The Hall–Kier alpha value is -7.75. The van der Waals surface area contributed by atoms with E-state index in [0.717, 1.165) is 53.9 Å². The highest BCUT2D eigenvalue weighted by Crippen LogP contribution is 2.41. The van der Waals surface area contributed by atoms with Crippen molar-refractivity contribution in [2.45, 2.75) is 32.6 Å². The molecule has 0 spiro atoms. The van der Waals surface area contributed by atoms with Crippen molar-refractivity contribution in [3.05, 3.63) is 253 Å². The summed E-state index contributed by atoms with van der Waals surface area (Å²) in [5.41, 5.74) is 21.5. The first-order chi connectivity index (χ1) is 31.6. The van der Waals surface area contributed by atoms with Crippen LogP contribution in [0.2, 0.25) is 0 Å². The second-order valence-corrected chi connectivity index (χ2v) is 16.8. The fraction of sp³-hybridized carbons (Fsp3) is 0.0984. The summed E-state index contributed by atoms with van der Waals surface area (Å²) < 4.78 is 0. The Balaban J connectivity index is 1.01. The summed E-state index contributed by atoms with van der Waals surface area (Å²) in [6, 6.07) is 72.8. The van der Waals surface area contributed by atoms with Crippen LogP contribution in [0.5, 0.6) is 0 Å². The molecule has 0 saturated heterocycles. The predicted octanol–water partition coefficient (Wildman–Crippen LogP) is 15.0. The molecule has 0 radical (unpaired) electrons. The first-order valence-electron chi connectivity index (χ1n) is 22.4. The number of aliphatic imine (C=N–C) groups is 1. The number of hydrogen-bond acceptors (Lipinski definition) is 3. The van der Waals surface area contributed by atoms with Gasteiger partial charge in [-0.25, -0.2) is 0 Å². The zero-order chi connectivity index (χ0) is 43.1. The molecular formula is C61H49N3. The van der Waals surface area contributed by atoms with Crippen molar-refractivity contribution in [1.82, 2.24) is 9.97 Å². The van der Waals surface area contributed by atoms with E-state index in [0.29, 0.717) is 5.92 Å². The molecule has 1 aliphatic heterocycles. The standard InChI is InChI=1S/C61H49N3/c1-43-35-38-64-61(43)52-27-23-45(24-28-52)18-20-47-39-46(19-17-44-21-25-51(26-22-44)59-15-7-9-36-62-59)40-54(41-47)55-13-5-6-14-56(55)57-34-33-53(60-16-8-10-37-63-60)42-58(57)50-31-29-49(30-32-50)48-11-3-2-4-12-48/h2-16,21-43H,17-20H2,1H3. The number of benzene rings is 7. The zero-order valence-electron chi connectivity index (χ0n) is 36.1. The van der Waals surface area contributed by atoms with Gasteiger partial charge in [-0.05, 0) is 128 Å². The molecular weight excluding hydrogens is 775 g/mol. The van der Waals surface area contributed by atoms with Gasteiger partial charge in [0.25, 0.3) is 0 Å². The largest absolute Gasteiger partial charge is 0.260 e. The number of allylic oxidation sites excluding steroid dienone is 1. The van der Waals surface area contributed by atoms with Gasteiger partial charge < -0.3 is 0 Å². The van der Waals surface area contributed by atoms with Gasteiger partial charge in [0.2, 0.25) is 0 Å². The average Bonchev–Trinajstić information content (AvgIpc) is 3.81. The van der Waals surface area contributed by atoms with E-state index in [4.69, 9.17) is 4.98 Å². The van der Waals surface area contributed by atoms with Crippen LogP contribution in [0.4, 0.5) is 0 Å². The van der Waals surface area contributed by atoms with Crippen molar-refractivity contribution in [3.8, 4) is 67.0 Å². The Morgan fingerprint density at radius 3 is 1.45 bits per heavy atom. The molecule has 10 rings (SSSR count). The number of aryl methyl sites for hydroxylation is 4. The van der Waals surface area contributed by atoms with Crippen LogP contribution in [0.15, 0.2) is 230 Å². The zero-order valence-corrected chi connectivity index (χ0v) is 36.1. The Bertz CT molecular complexity index is 3060. The van der Waals surface area contributed by atoms with Crippen LogP contribution >= 0.6 is 0 Å². The highest BCUT2D eigenvalue weighted by Gasteiger charge is 2.17. The van der Waals surface area contributed by atoms with E-state index in [1.807, 2.05) is 36.8 Å². The summed E-state index contributed by atoms with van der Waals surface area (Å²) in [5, 5.41) is 0. The van der Waals surface area contributed by atoms with Gasteiger partial charge in [-0.1, -0.05) is 183 Å². The maximum Gasteiger partial charge on any atom is 0.0702 e. The molecule has 9 aromatic rings. The van der Waals surface area contributed by atoms with Crippen molar-refractivity contribution in [3.63, 3.8) is 0 Å². The molecule has 64 heavy (non-hydrogen) atoms. The molecule has 0 bridgehead atoms. The molecule has 0 aliphatic carbocycles. The quantitative estimate of drug-likeness (QED) is 0.116. The van der Waals surface area contributed by atoms with E-state index < -0.39 is 0 Å². The Morgan fingerprint density at radius 2 is 0.844 bits per heavy atom. The summed E-state index contributed by atoms with van der Waals surface area (Å²) in [4.78, 5) is 13.9. The molecule has 3 nitrogen and oxygen atoms in total. The third kappa shape index (κ3) is 9.07. The molecule has 1 unspecified atom stereocenters. The molecule has 2 aromatic heterocycles. The van der Waals surface area contributed by atoms with E-state index >= 15 is 0 Å². The van der Waals surface area contributed by atoms with Crippen LogP contribution in [0, 0.1) is 5.92 Å². The fourth-order valence-electron chi connectivity index (χ4n) is 8.95. The summed E-state index contributed by atoms with van der Waals surface area (Å²) in [6.07, 6.45) is 11.6. The number of rotatable bonds is 13. The molecule has 3 heteroatoms. The molecule has 0 fully saturated rings. The topological polar surface area (TPSA) is 38.1 Å². The lowest BCUT2D eigenvalue weighted by molar-refractivity contribution is 0.931. The maximum absolute atomic E-state index is 4.74. The monoisotopic (exact) mass is 823 g/mol. The summed E-state index contributed by atoms with van der Waals surface area (Å²) >= 11 is 0.